The number of amides is 1. The number of nitrogens with one attached hydrogen (secondary N) is 2. The Bertz CT molecular complexity index is 325. The van der Waals surface area contributed by atoms with Crippen molar-refractivity contribution >= 4 is 23.8 Å². The molecule has 0 bridgehead atoms. The van der Waals surface area contributed by atoms with Crippen LogP contribution in [0.3, 0.4) is 0 Å². The fourth-order valence-electron chi connectivity index (χ4n) is 0.844. The highest BCUT2D eigenvalue weighted by molar-refractivity contribution is 6.29. The summed E-state index contributed by atoms with van der Waals surface area (Å²) in [5.41, 5.74) is 0. The maximum atomic E-state index is 11.0. The van der Waals surface area contributed by atoms with E-state index in [1.165, 1.54) is 7.05 Å². The van der Waals surface area contributed by atoms with Gasteiger partial charge in [-0.1, -0.05) is 0 Å². The summed E-state index contributed by atoms with van der Waals surface area (Å²) in [5, 5.41) is 17.4. The van der Waals surface area contributed by atoms with Crippen molar-refractivity contribution in [1.29, 1.82) is 5.41 Å². The average molecular weight is 201 g/mol. The molecule has 1 aliphatic rings. The van der Waals surface area contributed by atoms with Crippen LogP contribution < -0.4 is 5.32 Å². The molecule has 0 radical (unpaired) electrons. The van der Waals surface area contributed by atoms with Gasteiger partial charge in [0.15, 0.2) is 0 Å². The number of hydrogen-bond donors (Lipinski definition) is 3. The molecule has 0 aromatic carbocycles. The lowest BCUT2D eigenvalue weighted by Gasteiger charge is -2.16. The number of ether oxygens (including phenoxy) is 1. The van der Waals surface area contributed by atoms with Crippen molar-refractivity contribution in [3.8, 4) is 0 Å². The highest BCUT2D eigenvalue weighted by Crippen LogP contribution is 2.06. The Morgan fingerprint density at radius 2 is 2.21 bits per heavy atom. The molecule has 8 heteroatoms. The molecule has 3 N–H and O–H groups in total. The van der Waals surface area contributed by atoms with Gasteiger partial charge in [-0.15, -0.1) is 0 Å². The Morgan fingerprint density at radius 3 is 2.57 bits per heavy atom. The highest BCUT2D eigenvalue weighted by Gasteiger charge is 2.37. The van der Waals surface area contributed by atoms with Crippen molar-refractivity contribution in [1.82, 2.24) is 10.2 Å². The molecule has 8 nitrogen and oxygen atoms in total. The molecule has 1 heterocycles. The zero-order valence-corrected chi connectivity index (χ0v) is 7.10. The Balaban J connectivity index is 2.70. The number of likely N-dealkylation sites (N-methyl/N-ethyl adjacent to an activating group) is 1. The number of carbonyl (C=O) groups excluding carboxylic acids is 2. The zero-order chi connectivity index (χ0) is 10.9. The van der Waals surface area contributed by atoms with Gasteiger partial charge in [0.1, 0.15) is 0 Å². The van der Waals surface area contributed by atoms with E-state index in [4.69, 9.17) is 10.5 Å². The molecule has 0 aromatic rings. The van der Waals surface area contributed by atoms with E-state index >= 15 is 0 Å². The predicted molar refractivity (Wildman–Crippen MR) is 41.1 cm³/mol. The first-order chi connectivity index (χ1) is 6.43. The fraction of sp³-hybridized carbons (Fsp3) is 0.333. The van der Waals surface area contributed by atoms with Crippen molar-refractivity contribution in [2.45, 2.75) is 6.23 Å². The Hall–Kier alpha value is -2.12. The topological polar surface area (TPSA) is 120 Å². The van der Waals surface area contributed by atoms with Gasteiger partial charge in [0.25, 0.3) is 12.1 Å². The van der Waals surface area contributed by atoms with Crippen LogP contribution in [-0.2, 0) is 19.1 Å². The van der Waals surface area contributed by atoms with Crippen molar-refractivity contribution in [3.63, 3.8) is 0 Å². The number of guanidine groups is 1. The molecule has 0 saturated carbocycles. The van der Waals surface area contributed by atoms with E-state index in [9.17, 15) is 14.4 Å². The van der Waals surface area contributed by atoms with Crippen LogP contribution in [-0.4, -0.2) is 47.1 Å². The summed E-state index contributed by atoms with van der Waals surface area (Å²) in [5.74, 6) is -4.32. The summed E-state index contributed by atoms with van der Waals surface area (Å²) < 4.78 is 4.30. The summed E-state index contributed by atoms with van der Waals surface area (Å²) in [6.45, 7) is 0. The number of hydrogen-bond acceptors (Lipinski definition) is 5. The Morgan fingerprint density at radius 1 is 1.64 bits per heavy atom. The number of nitrogens with zero attached hydrogens (tertiary/aromatic N) is 1. The summed E-state index contributed by atoms with van der Waals surface area (Å²) in [6, 6.07) is 0. The average Bonchev–Trinajstić information content (AvgIpc) is 2.32. The van der Waals surface area contributed by atoms with E-state index in [0.29, 0.717) is 0 Å². The molecule has 1 fully saturated rings. The van der Waals surface area contributed by atoms with Gasteiger partial charge in [-0.2, -0.15) is 0 Å². The number of rotatable bonds is 1. The van der Waals surface area contributed by atoms with E-state index in [1.807, 2.05) is 0 Å². The van der Waals surface area contributed by atoms with Gasteiger partial charge in [-0.05, 0) is 0 Å². The second kappa shape index (κ2) is 3.32. The van der Waals surface area contributed by atoms with E-state index in [0.717, 1.165) is 4.90 Å². The first kappa shape index (κ1) is 9.96. The van der Waals surface area contributed by atoms with Gasteiger partial charge in [-0.3, -0.25) is 15.5 Å². The molecule has 0 aliphatic carbocycles. The van der Waals surface area contributed by atoms with E-state index in [-0.39, 0.29) is 5.96 Å². The van der Waals surface area contributed by atoms with E-state index in [2.05, 4.69) is 10.1 Å². The number of carboxylic acid groups (broad SMARTS) is 1. The molecule has 0 spiro atoms. The zero-order valence-electron chi connectivity index (χ0n) is 7.10. The third kappa shape index (κ3) is 1.63. The van der Waals surface area contributed by atoms with Gasteiger partial charge < -0.3 is 14.7 Å². The molecule has 0 aromatic heterocycles. The number of aliphatic carboxylic acids is 1. The smallest absolute Gasteiger partial charge is 0.419 e. The molecule has 1 unspecified atom stereocenters. The van der Waals surface area contributed by atoms with Crippen LogP contribution in [0.25, 0.3) is 0 Å². The maximum absolute atomic E-state index is 11.0. The molecule has 14 heavy (non-hydrogen) atoms. The van der Waals surface area contributed by atoms with Gasteiger partial charge in [0, 0.05) is 7.05 Å². The monoisotopic (exact) mass is 201 g/mol. The molecule has 76 valence electrons. The summed E-state index contributed by atoms with van der Waals surface area (Å²) in [7, 11) is 1.32. The summed E-state index contributed by atoms with van der Waals surface area (Å²) in [6.07, 6.45) is -1.38. The van der Waals surface area contributed by atoms with E-state index in [1.54, 1.807) is 0 Å². The first-order valence-corrected chi connectivity index (χ1v) is 3.49. The minimum atomic E-state index is -1.79. The van der Waals surface area contributed by atoms with Gasteiger partial charge >= 0.3 is 11.9 Å². The lowest BCUT2D eigenvalue weighted by Crippen LogP contribution is -2.37. The molecule has 1 atom stereocenters. The Labute approximate surface area is 77.9 Å². The Kier molecular flexibility index (Phi) is 2.36. The molecule has 1 rings (SSSR count). The largest absolute Gasteiger partial charge is 0.473 e. The van der Waals surface area contributed by atoms with Crippen LogP contribution in [0.15, 0.2) is 0 Å². The van der Waals surface area contributed by atoms with Crippen LogP contribution in [0.2, 0.25) is 0 Å². The van der Waals surface area contributed by atoms with Crippen LogP contribution in [0.1, 0.15) is 0 Å². The van der Waals surface area contributed by atoms with Gasteiger partial charge in [0.05, 0.1) is 0 Å². The summed E-state index contributed by atoms with van der Waals surface area (Å²) >= 11 is 0. The van der Waals surface area contributed by atoms with Crippen molar-refractivity contribution in [3.05, 3.63) is 0 Å². The normalized spacial score (nSPS) is 20.6. The minimum absolute atomic E-state index is 0.252. The second-order valence-electron chi connectivity index (χ2n) is 2.51. The number of carbonyl (C=O) groups is 3. The lowest BCUT2D eigenvalue weighted by molar-refractivity contribution is -0.172. The van der Waals surface area contributed by atoms with Crippen molar-refractivity contribution in [2.75, 3.05) is 7.05 Å². The molecule has 1 amide bonds. The van der Waals surface area contributed by atoms with Crippen molar-refractivity contribution in [2.24, 2.45) is 0 Å². The number of carboxylic acids is 1. The van der Waals surface area contributed by atoms with Crippen molar-refractivity contribution < 1.29 is 24.2 Å². The van der Waals surface area contributed by atoms with Gasteiger partial charge in [0.2, 0.25) is 5.96 Å². The van der Waals surface area contributed by atoms with Gasteiger partial charge in [-0.25, -0.2) is 9.59 Å². The predicted octanol–water partition coefficient (Wildman–Crippen LogP) is -2.06. The first-order valence-electron chi connectivity index (χ1n) is 3.49. The fourth-order valence-corrected chi connectivity index (χ4v) is 0.844. The quantitative estimate of drug-likeness (QED) is 0.331. The lowest BCUT2D eigenvalue weighted by atomic mass is 10.5. The minimum Gasteiger partial charge on any atom is -0.473 e. The molecular formula is C6H7N3O5. The standard InChI is InChI=1S/C6H7N3O5/c1-9-3(2(10)8-6(9)7)14-5(13)4(11)12/h3H,1H3,(H,11,12)(H2,7,8,10). The molecule has 1 aliphatic heterocycles. The third-order valence-corrected chi connectivity index (χ3v) is 1.56. The third-order valence-electron chi connectivity index (χ3n) is 1.56. The SMILES string of the molecule is CN1C(=N)NC(=O)C1OC(=O)C(=O)O. The highest BCUT2D eigenvalue weighted by atomic mass is 16.6. The van der Waals surface area contributed by atoms with Crippen LogP contribution >= 0.6 is 0 Å². The summed E-state index contributed by atoms with van der Waals surface area (Å²) in [4.78, 5) is 32.7. The maximum Gasteiger partial charge on any atom is 0.419 e. The molecule has 1 saturated heterocycles. The number of esters is 1. The molecular weight excluding hydrogens is 194 g/mol. The van der Waals surface area contributed by atoms with Crippen LogP contribution in [0.5, 0.6) is 0 Å². The van der Waals surface area contributed by atoms with Crippen LogP contribution in [0, 0.1) is 5.41 Å². The van der Waals surface area contributed by atoms with E-state index < -0.39 is 24.1 Å². The second-order valence-corrected chi connectivity index (χ2v) is 2.51. The van der Waals surface area contributed by atoms with Crippen LogP contribution in [0.4, 0.5) is 0 Å².